The molecule has 0 spiro atoms. The van der Waals surface area contributed by atoms with Crippen molar-refractivity contribution in [3.05, 3.63) is 57.3 Å². The van der Waals surface area contributed by atoms with Crippen molar-refractivity contribution in [2.45, 2.75) is 6.92 Å². The van der Waals surface area contributed by atoms with Gasteiger partial charge in [-0.2, -0.15) is 5.10 Å². The van der Waals surface area contributed by atoms with E-state index < -0.39 is 29.2 Å². The molecule has 0 saturated heterocycles. The first-order valence-electron chi connectivity index (χ1n) is 8.11. The van der Waals surface area contributed by atoms with Gasteiger partial charge in [-0.25, -0.2) is 4.98 Å². The predicted octanol–water partition coefficient (Wildman–Crippen LogP) is 1.41. The molecule has 0 atom stereocenters. The lowest BCUT2D eigenvalue weighted by Gasteiger charge is -2.12. The smallest absolute Gasteiger partial charge is 0.270 e. The average molecular weight is 380 g/mol. The summed E-state index contributed by atoms with van der Waals surface area (Å²) in [5.41, 5.74) is 0.875. The van der Waals surface area contributed by atoms with E-state index in [0.29, 0.717) is 11.0 Å². The van der Waals surface area contributed by atoms with Gasteiger partial charge in [0.2, 0.25) is 5.91 Å². The molecule has 0 radical (unpaired) electrons. The van der Waals surface area contributed by atoms with Crippen LogP contribution in [0, 0.1) is 17.0 Å². The number of carbonyl (C=O) groups excluding carboxylic acids is 3. The van der Waals surface area contributed by atoms with Crippen molar-refractivity contribution >= 4 is 40.3 Å². The minimum Gasteiger partial charge on any atom is -0.307 e. The van der Waals surface area contributed by atoms with E-state index in [9.17, 15) is 24.5 Å². The van der Waals surface area contributed by atoms with Gasteiger partial charge in [0.05, 0.1) is 21.4 Å². The molecule has 3 heterocycles. The molecule has 0 aliphatic carbocycles. The molecule has 1 aliphatic rings. The zero-order valence-corrected chi connectivity index (χ0v) is 14.4. The Balaban J connectivity index is 1.54. The third kappa shape index (κ3) is 2.74. The fourth-order valence-electron chi connectivity index (χ4n) is 2.95. The van der Waals surface area contributed by atoms with Gasteiger partial charge in [0.15, 0.2) is 11.5 Å². The largest absolute Gasteiger partial charge is 0.307 e. The first-order chi connectivity index (χ1) is 13.3. The van der Waals surface area contributed by atoms with Crippen molar-refractivity contribution in [3.8, 4) is 0 Å². The number of rotatable bonds is 4. The molecule has 28 heavy (non-hydrogen) atoms. The van der Waals surface area contributed by atoms with E-state index in [0.717, 1.165) is 22.7 Å². The SMILES string of the molecule is Cc1ccc2c(NC(=O)CN3C(=O)c4ccc([N+](=O)[O-])cc4C3=O)n[nH]c2n1. The molecule has 140 valence electrons. The maximum absolute atomic E-state index is 12.4. The monoisotopic (exact) mass is 380 g/mol. The highest BCUT2D eigenvalue weighted by molar-refractivity contribution is 6.23. The number of nitrogens with zero attached hydrogens (tertiary/aromatic N) is 4. The lowest BCUT2D eigenvalue weighted by Crippen LogP contribution is -2.37. The number of nitro groups is 1. The van der Waals surface area contributed by atoms with Crippen LogP contribution in [0.25, 0.3) is 11.0 Å². The standard InChI is InChI=1S/C17H12N6O5/c1-8-2-4-11-14(18-8)20-21-15(11)19-13(24)7-22-16(25)10-5-3-9(23(27)28)6-12(10)17(22)26/h2-6H,7H2,1H3,(H2,18,19,20,21,24). The number of aryl methyl sites for hydroxylation is 1. The Bertz CT molecular complexity index is 1180. The first-order valence-corrected chi connectivity index (χ1v) is 8.11. The van der Waals surface area contributed by atoms with Gasteiger partial charge in [0, 0.05) is 17.8 Å². The van der Waals surface area contributed by atoms with Crippen LogP contribution in [0.5, 0.6) is 0 Å². The summed E-state index contributed by atoms with van der Waals surface area (Å²) in [5, 5.41) is 20.7. The van der Waals surface area contributed by atoms with Crippen LogP contribution in [0.4, 0.5) is 11.5 Å². The minimum absolute atomic E-state index is 0.0216. The number of aromatic amines is 1. The van der Waals surface area contributed by atoms with Crippen LogP contribution in [0.3, 0.4) is 0 Å². The number of non-ortho nitro benzene ring substituents is 1. The third-order valence-electron chi connectivity index (χ3n) is 4.29. The molecule has 11 nitrogen and oxygen atoms in total. The van der Waals surface area contributed by atoms with Gasteiger partial charge < -0.3 is 5.32 Å². The Hall–Kier alpha value is -4.15. The van der Waals surface area contributed by atoms with Crippen LogP contribution in [0.15, 0.2) is 30.3 Å². The molecule has 1 aromatic carbocycles. The maximum Gasteiger partial charge on any atom is 0.270 e. The van der Waals surface area contributed by atoms with Gasteiger partial charge in [-0.05, 0) is 25.1 Å². The fourth-order valence-corrected chi connectivity index (χ4v) is 2.95. The van der Waals surface area contributed by atoms with E-state index >= 15 is 0 Å². The summed E-state index contributed by atoms with van der Waals surface area (Å²) < 4.78 is 0. The molecule has 3 amide bonds. The number of fused-ring (bicyclic) bond motifs is 2. The molecule has 11 heteroatoms. The summed E-state index contributed by atoms with van der Waals surface area (Å²) in [6.07, 6.45) is 0. The number of imide groups is 1. The van der Waals surface area contributed by atoms with Gasteiger partial charge in [-0.3, -0.25) is 34.5 Å². The van der Waals surface area contributed by atoms with Crippen LogP contribution in [-0.4, -0.2) is 49.3 Å². The van der Waals surface area contributed by atoms with Crippen LogP contribution in [0.2, 0.25) is 0 Å². The predicted molar refractivity (Wildman–Crippen MR) is 95.7 cm³/mol. The first kappa shape index (κ1) is 17.3. The molecule has 2 N–H and O–H groups in total. The van der Waals surface area contributed by atoms with Crippen molar-refractivity contribution in [1.82, 2.24) is 20.1 Å². The van der Waals surface area contributed by atoms with Crippen molar-refractivity contribution in [1.29, 1.82) is 0 Å². The molecule has 1 aliphatic heterocycles. The summed E-state index contributed by atoms with van der Waals surface area (Å²) in [7, 11) is 0. The highest BCUT2D eigenvalue weighted by atomic mass is 16.6. The molecular weight excluding hydrogens is 368 g/mol. The zero-order chi connectivity index (χ0) is 20.0. The molecule has 0 fully saturated rings. The van der Waals surface area contributed by atoms with Gasteiger partial charge in [-0.15, -0.1) is 0 Å². The second kappa shape index (κ2) is 6.23. The highest BCUT2D eigenvalue weighted by Gasteiger charge is 2.37. The normalized spacial score (nSPS) is 13.1. The van der Waals surface area contributed by atoms with Gasteiger partial charge >= 0.3 is 0 Å². The van der Waals surface area contributed by atoms with Crippen LogP contribution < -0.4 is 5.32 Å². The van der Waals surface area contributed by atoms with E-state index in [1.165, 1.54) is 6.07 Å². The van der Waals surface area contributed by atoms with Gasteiger partial charge in [-0.1, -0.05) is 0 Å². The molecule has 0 unspecified atom stereocenters. The van der Waals surface area contributed by atoms with E-state index in [1.54, 1.807) is 12.1 Å². The highest BCUT2D eigenvalue weighted by Crippen LogP contribution is 2.27. The summed E-state index contributed by atoms with van der Waals surface area (Å²) in [5.74, 6) is -1.87. The molecule has 0 saturated carbocycles. The Morgan fingerprint density at radius 2 is 1.96 bits per heavy atom. The summed E-state index contributed by atoms with van der Waals surface area (Å²) in [6.45, 7) is 1.26. The Morgan fingerprint density at radius 3 is 2.71 bits per heavy atom. The van der Waals surface area contributed by atoms with Crippen molar-refractivity contribution in [2.24, 2.45) is 0 Å². The second-order valence-electron chi connectivity index (χ2n) is 6.15. The number of benzene rings is 1. The molecule has 2 aromatic heterocycles. The maximum atomic E-state index is 12.4. The van der Waals surface area contributed by atoms with Gasteiger partial charge in [0.25, 0.3) is 17.5 Å². The minimum atomic E-state index is -0.761. The summed E-state index contributed by atoms with van der Waals surface area (Å²) in [6, 6.07) is 6.87. The lowest BCUT2D eigenvalue weighted by atomic mass is 10.1. The molecule has 4 rings (SSSR count). The number of nitrogens with one attached hydrogen (secondary N) is 2. The van der Waals surface area contributed by atoms with Crippen LogP contribution in [-0.2, 0) is 4.79 Å². The number of hydrogen-bond donors (Lipinski definition) is 2. The Labute approximate surface area is 156 Å². The van der Waals surface area contributed by atoms with Crippen molar-refractivity contribution < 1.29 is 19.3 Å². The molecular formula is C17H12N6O5. The number of amides is 3. The third-order valence-corrected chi connectivity index (χ3v) is 4.29. The topological polar surface area (TPSA) is 151 Å². The Kier molecular flexibility index (Phi) is 3.84. The molecule has 3 aromatic rings. The summed E-state index contributed by atoms with van der Waals surface area (Å²) in [4.78, 5) is 52.4. The van der Waals surface area contributed by atoms with Crippen molar-refractivity contribution in [3.63, 3.8) is 0 Å². The number of aromatic nitrogens is 3. The number of anilines is 1. The number of H-pyrrole nitrogens is 1. The van der Waals surface area contributed by atoms with E-state index in [-0.39, 0.29) is 22.6 Å². The van der Waals surface area contributed by atoms with E-state index in [4.69, 9.17) is 0 Å². The quantitative estimate of drug-likeness (QED) is 0.394. The lowest BCUT2D eigenvalue weighted by molar-refractivity contribution is -0.384. The van der Waals surface area contributed by atoms with Crippen molar-refractivity contribution in [2.75, 3.05) is 11.9 Å². The van der Waals surface area contributed by atoms with Crippen LogP contribution >= 0.6 is 0 Å². The van der Waals surface area contributed by atoms with E-state index in [1.807, 2.05) is 6.92 Å². The van der Waals surface area contributed by atoms with Gasteiger partial charge in [0.1, 0.15) is 6.54 Å². The zero-order valence-electron chi connectivity index (χ0n) is 14.4. The van der Waals surface area contributed by atoms with E-state index in [2.05, 4.69) is 20.5 Å². The fraction of sp³-hybridized carbons (Fsp3) is 0.118. The number of nitro benzene ring substituents is 1. The number of carbonyl (C=O) groups is 3. The Morgan fingerprint density at radius 1 is 1.21 bits per heavy atom. The van der Waals surface area contributed by atoms with Crippen LogP contribution in [0.1, 0.15) is 26.4 Å². The molecule has 0 bridgehead atoms. The number of pyridine rings is 1. The number of hydrogen-bond acceptors (Lipinski definition) is 7. The second-order valence-corrected chi connectivity index (χ2v) is 6.15. The average Bonchev–Trinajstić information content (AvgIpc) is 3.15. The summed E-state index contributed by atoms with van der Waals surface area (Å²) >= 11 is 0.